The van der Waals surface area contributed by atoms with E-state index in [-0.39, 0.29) is 0 Å². The van der Waals surface area contributed by atoms with Crippen molar-refractivity contribution >= 4 is 0 Å². The van der Waals surface area contributed by atoms with E-state index in [0.29, 0.717) is 0 Å². The lowest BCUT2D eigenvalue weighted by molar-refractivity contribution is 0.927. The van der Waals surface area contributed by atoms with Crippen molar-refractivity contribution in [1.82, 2.24) is 0 Å². The van der Waals surface area contributed by atoms with Crippen molar-refractivity contribution in [1.29, 1.82) is 0 Å². The summed E-state index contributed by atoms with van der Waals surface area (Å²) in [7, 11) is 0. The van der Waals surface area contributed by atoms with Crippen LogP contribution in [0.4, 0.5) is 0 Å². The average molecular weight is 108 g/mol. The van der Waals surface area contributed by atoms with Gasteiger partial charge in [-0.05, 0) is 12.8 Å². The molecule has 0 aromatic heterocycles. The Morgan fingerprint density at radius 1 is 1.62 bits per heavy atom. The van der Waals surface area contributed by atoms with Crippen LogP contribution in [0.15, 0.2) is 23.8 Å². The Balaban J connectivity index is 2.34. The highest BCUT2D eigenvalue weighted by atomic mass is 14.0. The van der Waals surface area contributed by atoms with E-state index in [1.54, 1.807) is 0 Å². The maximum atomic E-state index is 2.30. The smallest absolute Gasteiger partial charge is 0.0160 e. The number of allylic oxidation sites excluding steroid dienone is 4. The summed E-state index contributed by atoms with van der Waals surface area (Å²) in [6.45, 7) is 2.22. The van der Waals surface area contributed by atoms with Crippen molar-refractivity contribution in [2.45, 2.75) is 26.2 Å². The molecule has 0 atom stereocenters. The van der Waals surface area contributed by atoms with E-state index in [1.165, 1.54) is 18.4 Å². The molecular weight excluding hydrogens is 96.1 g/mol. The van der Waals surface area contributed by atoms with E-state index < -0.39 is 0 Å². The Morgan fingerprint density at radius 3 is 3.00 bits per heavy atom. The van der Waals surface area contributed by atoms with E-state index in [9.17, 15) is 0 Å². The van der Waals surface area contributed by atoms with Gasteiger partial charge in [-0.2, -0.15) is 0 Å². The van der Waals surface area contributed by atoms with Crippen molar-refractivity contribution < 1.29 is 0 Å². The van der Waals surface area contributed by atoms with E-state index in [1.807, 2.05) is 0 Å². The molecule has 1 aliphatic rings. The summed E-state index contributed by atoms with van der Waals surface area (Å²) in [6, 6.07) is 0. The van der Waals surface area contributed by atoms with Gasteiger partial charge >= 0.3 is 0 Å². The molecule has 0 saturated heterocycles. The predicted molar refractivity (Wildman–Crippen MR) is 36.7 cm³/mol. The Morgan fingerprint density at radius 2 is 2.50 bits per heavy atom. The Bertz CT molecular complexity index is 118. The van der Waals surface area contributed by atoms with Gasteiger partial charge in [-0.25, -0.2) is 0 Å². The molecule has 0 unspecified atom stereocenters. The fourth-order valence-electron chi connectivity index (χ4n) is 0.981. The molecule has 0 fully saturated rings. The minimum atomic E-state index is 1.16. The first-order valence-electron chi connectivity index (χ1n) is 3.29. The van der Waals surface area contributed by atoms with E-state index >= 15 is 0 Å². The van der Waals surface area contributed by atoms with Crippen LogP contribution in [0, 0.1) is 0 Å². The fourth-order valence-corrected chi connectivity index (χ4v) is 0.981. The summed E-state index contributed by atoms with van der Waals surface area (Å²) in [6.07, 6.45) is 10.4. The highest BCUT2D eigenvalue weighted by Gasteiger charge is 1.93. The molecule has 0 heterocycles. The maximum Gasteiger partial charge on any atom is -0.0160 e. The van der Waals surface area contributed by atoms with Crippen molar-refractivity contribution in [2.24, 2.45) is 0 Å². The molecule has 0 N–H and O–H groups in total. The molecule has 1 aliphatic carbocycles. The average Bonchev–Trinajstić information content (AvgIpc) is 2.19. The second-order valence-corrected chi connectivity index (χ2v) is 2.17. The minimum absolute atomic E-state index is 1.16. The zero-order valence-corrected chi connectivity index (χ0v) is 5.35. The van der Waals surface area contributed by atoms with Crippen LogP contribution in [0.5, 0.6) is 0 Å². The van der Waals surface area contributed by atoms with E-state index in [4.69, 9.17) is 0 Å². The van der Waals surface area contributed by atoms with Gasteiger partial charge in [0, 0.05) is 0 Å². The molecule has 0 spiro atoms. The van der Waals surface area contributed by atoms with Crippen LogP contribution in [0.25, 0.3) is 0 Å². The third kappa shape index (κ3) is 1.22. The first-order chi connectivity index (χ1) is 3.93. The lowest BCUT2D eigenvalue weighted by Gasteiger charge is -1.90. The number of rotatable bonds is 2. The summed E-state index contributed by atoms with van der Waals surface area (Å²) in [5.74, 6) is 0. The second kappa shape index (κ2) is 2.71. The summed E-state index contributed by atoms with van der Waals surface area (Å²) < 4.78 is 0. The molecular formula is C8H12. The Kier molecular flexibility index (Phi) is 1.90. The molecule has 0 bridgehead atoms. The molecule has 1 rings (SSSR count). The summed E-state index contributed by atoms with van der Waals surface area (Å²) in [4.78, 5) is 0. The Labute approximate surface area is 50.9 Å². The SMILES string of the molecule is CCCC1=CCC=C1. The van der Waals surface area contributed by atoms with Gasteiger partial charge in [0.15, 0.2) is 0 Å². The second-order valence-electron chi connectivity index (χ2n) is 2.17. The van der Waals surface area contributed by atoms with Crippen LogP contribution in [0.1, 0.15) is 26.2 Å². The van der Waals surface area contributed by atoms with Crippen molar-refractivity contribution in [3.05, 3.63) is 23.8 Å². The summed E-state index contributed by atoms with van der Waals surface area (Å²) >= 11 is 0. The topological polar surface area (TPSA) is 0 Å². The summed E-state index contributed by atoms with van der Waals surface area (Å²) in [5.41, 5.74) is 1.52. The van der Waals surface area contributed by atoms with Crippen LogP contribution >= 0.6 is 0 Å². The van der Waals surface area contributed by atoms with Gasteiger partial charge in [-0.3, -0.25) is 0 Å². The first kappa shape index (κ1) is 5.61. The van der Waals surface area contributed by atoms with Gasteiger partial charge in [0.25, 0.3) is 0 Å². The monoisotopic (exact) mass is 108 g/mol. The van der Waals surface area contributed by atoms with Crippen LogP contribution < -0.4 is 0 Å². The zero-order chi connectivity index (χ0) is 5.82. The third-order valence-electron chi connectivity index (χ3n) is 1.39. The van der Waals surface area contributed by atoms with Crippen LogP contribution in [-0.4, -0.2) is 0 Å². The van der Waals surface area contributed by atoms with Crippen LogP contribution in [0.3, 0.4) is 0 Å². The van der Waals surface area contributed by atoms with Crippen LogP contribution in [-0.2, 0) is 0 Å². The largest absolute Gasteiger partial charge is 0.0805 e. The molecule has 0 radical (unpaired) electrons. The Hall–Kier alpha value is -0.520. The normalized spacial score (nSPS) is 16.9. The minimum Gasteiger partial charge on any atom is -0.0805 e. The molecule has 0 aromatic rings. The molecule has 0 saturated carbocycles. The predicted octanol–water partition coefficient (Wildman–Crippen LogP) is 2.67. The molecule has 0 nitrogen and oxygen atoms in total. The van der Waals surface area contributed by atoms with Gasteiger partial charge < -0.3 is 0 Å². The highest BCUT2D eigenvalue weighted by molar-refractivity contribution is 5.25. The number of hydrogen-bond donors (Lipinski definition) is 0. The van der Waals surface area contributed by atoms with Gasteiger partial charge in [-0.1, -0.05) is 37.1 Å². The first-order valence-corrected chi connectivity index (χ1v) is 3.29. The molecule has 0 aromatic carbocycles. The molecule has 0 amide bonds. The molecule has 0 aliphatic heterocycles. The lowest BCUT2D eigenvalue weighted by atomic mass is 10.2. The fraction of sp³-hybridized carbons (Fsp3) is 0.500. The van der Waals surface area contributed by atoms with Crippen molar-refractivity contribution in [3.8, 4) is 0 Å². The lowest BCUT2D eigenvalue weighted by Crippen LogP contribution is -1.70. The van der Waals surface area contributed by atoms with Crippen molar-refractivity contribution in [3.63, 3.8) is 0 Å². The van der Waals surface area contributed by atoms with Gasteiger partial charge in [0.05, 0.1) is 0 Å². The molecule has 44 valence electrons. The number of hydrogen-bond acceptors (Lipinski definition) is 0. The molecule has 8 heavy (non-hydrogen) atoms. The van der Waals surface area contributed by atoms with Gasteiger partial charge in [-0.15, -0.1) is 0 Å². The zero-order valence-electron chi connectivity index (χ0n) is 5.35. The van der Waals surface area contributed by atoms with E-state index in [0.717, 1.165) is 6.42 Å². The van der Waals surface area contributed by atoms with Crippen LogP contribution in [0.2, 0.25) is 0 Å². The standard InChI is InChI=1S/C8H12/c1-2-5-8-6-3-4-7-8/h3,6-7H,2,4-5H2,1H3. The molecule has 0 heteroatoms. The maximum absolute atomic E-state index is 2.30. The quantitative estimate of drug-likeness (QED) is 0.510. The third-order valence-corrected chi connectivity index (χ3v) is 1.39. The van der Waals surface area contributed by atoms with Crippen molar-refractivity contribution in [2.75, 3.05) is 0 Å². The van der Waals surface area contributed by atoms with Gasteiger partial charge in [0.2, 0.25) is 0 Å². The van der Waals surface area contributed by atoms with E-state index in [2.05, 4.69) is 25.2 Å². The summed E-state index contributed by atoms with van der Waals surface area (Å²) in [5, 5.41) is 0. The highest BCUT2D eigenvalue weighted by Crippen LogP contribution is 2.13. The van der Waals surface area contributed by atoms with Gasteiger partial charge in [0.1, 0.15) is 0 Å².